The van der Waals surface area contributed by atoms with E-state index in [1.807, 2.05) is 18.2 Å². The molecule has 0 radical (unpaired) electrons. The quantitative estimate of drug-likeness (QED) is 0.489. The van der Waals surface area contributed by atoms with Gasteiger partial charge in [0.25, 0.3) is 0 Å². The number of amides is 2. The van der Waals surface area contributed by atoms with E-state index in [2.05, 4.69) is 20.6 Å². The summed E-state index contributed by atoms with van der Waals surface area (Å²) in [6.45, 7) is 2.25. The first-order chi connectivity index (χ1) is 16.1. The van der Waals surface area contributed by atoms with Crippen LogP contribution in [0.3, 0.4) is 0 Å². The minimum absolute atomic E-state index is 0.0604. The molecule has 0 spiro atoms. The van der Waals surface area contributed by atoms with Crippen molar-refractivity contribution in [2.45, 2.75) is 13.0 Å². The van der Waals surface area contributed by atoms with Gasteiger partial charge in [0.1, 0.15) is 11.6 Å². The van der Waals surface area contributed by atoms with E-state index in [0.717, 1.165) is 17.5 Å². The van der Waals surface area contributed by atoms with E-state index in [1.165, 1.54) is 17.0 Å². The highest BCUT2D eigenvalue weighted by Crippen LogP contribution is 2.28. The van der Waals surface area contributed by atoms with E-state index in [9.17, 15) is 14.0 Å². The average Bonchev–Trinajstić information content (AvgIpc) is 2.84. The molecule has 0 aliphatic carbocycles. The van der Waals surface area contributed by atoms with Gasteiger partial charge in [0.2, 0.25) is 12.3 Å². The molecule has 170 valence electrons. The van der Waals surface area contributed by atoms with Crippen molar-refractivity contribution >= 4 is 29.6 Å². The largest absolute Gasteiger partial charge is 0.368 e. The summed E-state index contributed by atoms with van der Waals surface area (Å²) in [6, 6.07) is 13.7. The van der Waals surface area contributed by atoms with Crippen molar-refractivity contribution in [3.05, 3.63) is 77.9 Å². The number of benzene rings is 1. The molecule has 3 heterocycles. The van der Waals surface area contributed by atoms with Gasteiger partial charge in [0.15, 0.2) is 5.82 Å². The Morgan fingerprint density at radius 2 is 2.06 bits per heavy atom. The van der Waals surface area contributed by atoms with Crippen LogP contribution in [0.4, 0.5) is 21.7 Å². The van der Waals surface area contributed by atoms with Crippen molar-refractivity contribution < 1.29 is 14.0 Å². The topological polar surface area (TPSA) is 90.5 Å². The van der Waals surface area contributed by atoms with Crippen molar-refractivity contribution in [1.82, 2.24) is 15.3 Å². The van der Waals surface area contributed by atoms with E-state index in [-0.39, 0.29) is 18.3 Å². The summed E-state index contributed by atoms with van der Waals surface area (Å²) in [5, 5.41) is 6.32. The maximum atomic E-state index is 13.5. The monoisotopic (exact) mass is 448 g/mol. The Labute approximate surface area is 191 Å². The number of pyridine rings is 2. The van der Waals surface area contributed by atoms with Gasteiger partial charge in [-0.2, -0.15) is 0 Å². The molecule has 0 bridgehead atoms. The van der Waals surface area contributed by atoms with Gasteiger partial charge in [0, 0.05) is 32.0 Å². The molecule has 1 aromatic carbocycles. The van der Waals surface area contributed by atoms with Gasteiger partial charge in [0.05, 0.1) is 18.8 Å². The van der Waals surface area contributed by atoms with Crippen molar-refractivity contribution in [3.63, 3.8) is 0 Å². The zero-order valence-electron chi connectivity index (χ0n) is 18.1. The zero-order chi connectivity index (χ0) is 23.0. The van der Waals surface area contributed by atoms with Gasteiger partial charge in [-0.3, -0.25) is 19.5 Å². The molecule has 2 aromatic heterocycles. The van der Waals surface area contributed by atoms with Crippen LogP contribution in [0.1, 0.15) is 11.1 Å². The molecular weight excluding hydrogens is 423 g/mol. The van der Waals surface area contributed by atoms with E-state index in [4.69, 9.17) is 0 Å². The number of piperazine rings is 1. The predicted molar refractivity (Wildman–Crippen MR) is 125 cm³/mol. The van der Waals surface area contributed by atoms with Gasteiger partial charge >= 0.3 is 0 Å². The molecule has 0 saturated carbocycles. The fourth-order valence-electron chi connectivity index (χ4n) is 3.69. The van der Waals surface area contributed by atoms with Crippen LogP contribution >= 0.6 is 0 Å². The Balaban J connectivity index is 1.59. The summed E-state index contributed by atoms with van der Waals surface area (Å²) in [7, 11) is 0. The molecular formula is C24H25FN6O2. The van der Waals surface area contributed by atoms with E-state index in [1.54, 1.807) is 35.5 Å². The third-order valence-electron chi connectivity index (χ3n) is 5.33. The Kier molecular flexibility index (Phi) is 7.21. The lowest BCUT2D eigenvalue weighted by molar-refractivity contribution is -0.118. The van der Waals surface area contributed by atoms with Gasteiger partial charge in [-0.05, 0) is 47.9 Å². The number of halogens is 1. The van der Waals surface area contributed by atoms with E-state index in [0.29, 0.717) is 49.9 Å². The Morgan fingerprint density at radius 1 is 1.18 bits per heavy atom. The summed E-state index contributed by atoms with van der Waals surface area (Å²) < 4.78 is 13.5. The van der Waals surface area contributed by atoms with Crippen LogP contribution in [-0.4, -0.2) is 48.5 Å². The van der Waals surface area contributed by atoms with Crippen LogP contribution in [0.25, 0.3) is 0 Å². The highest BCUT2D eigenvalue weighted by atomic mass is 19.1. The fraction of sp³-hybridized carbons (Fsp3) is 0.250. The lowest BCUT2D eigenvalue weighted by Gasteiger charge is -2.28. The molecule has 1 saturated heterocycles. The second-order valence-electron chi connectivity index (χ2n) is 7.66. The number of aromatic nitrogens is 2. The second kappa shape index (κ2) is 10.6. The van der Waals surface area contributed by atoms with Crippen LogP contribution in [0.2, 0.25) is 0 Å². The molecule has 33 heavy (non-hydrogen) atoms. The van der Waals surface area contributed by atoms with Crippen molar-refractivity contribution in [2.75, 3.05) is 41.3 Å². The van der Waals surface area contributed by atoms with E-state index >= 15 is 0 Å². The number of hydrogen-bond donors (Lipinski definition) is 2. The smallest absolute Gasteiger partial charge is 0.242 e. The second-order valence-corrected chi connectivity index (χ2v) is 7.66. The van der Waals surface area contributed by atoms with Crippen LogP contribution in [0.15, 0.2) is 60.9 Å². The third-order valence-corrected chi connectivity index (χ3v) is 5.33. The number of carbonyl (C=O) groups is 2. The summed E-state index contributed by atoms with van der Waals surface area (Å²) >= 11 is 0. The number of carbonyl (C=O) groups excluding carboxylic acids is 2. The van der Waals surface area contributed by atoms with Gasteiger partial charge in [-0.1, -0.05) is 18.2 Å². The number of nitrogens with zero attached hydrogens (tertiary/aromatic N) is 4. The summed E-state index contributed by atoms with van der Waals surface area (Å²) in [5.41, 5.74) is 2.30. The van der Waals surface area contributed by atoms with E-state index < -0.39 is 0 Å². The van der Waals surface area contributed by atoms with Crippen molar-refractivity contribution in [3.8, 4) is 0 Å². The summed E-state index contributed by atoms with van der Waals surface area (Å²) in [4.78, 5) is 36.3. The Hall–Kier alpha value is -3.85. The molecule has 3 aromatic rings. The van der Waals surface area contributed by atoms with Crippen LogP contribution in [0, 0.1) is 5.82 Å². The lowest BCUT2D eigenvalue weighted by atomic mass is 10.1. The Bertz CT molecular complexity index is 1110. The van der Waals surface area contributed by atoms with Gasteiger partial charge in [-0.15, -0.1) is 0 Å². The molecule has 9 heteroatoms. The summed E-state index contributed by atoms with van der Waals surface area (Å²) in [6.07, 6.45) is 4.69. The molecule has 1 aliphatic heterocycles. The average molecular weight is 449 g/mol. The Morgan fingerprint density at radius 3 is 2.82 bits per heavy atom. The number of rotatable bonds is 9. The fourth-order valence-corrected chi connectivity index (χ4v) is 3.69. The van der Waals surface area contributed by atoms with Gasteiger partial charge < -0.3 is 15.5 Å². The zero-order valence-corrected chi connectivity index (χ0v) is 18.1. The molecule has 4 rings (SSSR count). The highest BCUT2D eigenvalue weighted by molar-refractivity contribution is 5.95. The number of anilines is 3. The summed E-state index contributed by atoms with van der Waals surface area (Å²) in [5.74, 6) is 0.654. The molecule has 0 atom stereocenters. The maximum Gasteiger partial charge on any atom is 0.242 e. The van der Waals surface area contributed by atoms with Crippen LogP contribution in [-0.2, 0) is 22.6 Å². The molecule has 2 N–H and O–H groups in total. The van der Waals surface area contributed by atoms with Gasteiger partial charge in [-0.25, -0.2) is 9.37 Å². The first kappa shape index (κ1) is 22.3. The molecule has 0 unspecified atom stereocenters. The van der Waals surface area contributed by atoms with Crippen molar-refractivity contribution in [2.24, 2.45) is 0 Å². The SMILES string of the molecule is O=CN(Cc1cccnc1)c1ccc(N2CCNCC2=O)nc1NCCc1cccc(F)c1. The lowest BCUT2D eigenvalue weighted by Crippen LogP contribution is -2.48. The first-order valence-electron chi connectivity index (χ1n) is 10.8. The molecule has 1 fully saturated rings. The standard InChI is InChI=1S/C24H25FN6O2/c25-20-5-1-3-18(13-20)8-10-28-24-21(30(17-32)16-19-4-2-9-26-14-19)6-7-22(29-24)31-12-11-27-15-23(31)33/h1-7,9,13-14,17,27H,8,10-12,15-16H2,(H,28,29). The molecule has 1 aliphatic rings. The highest BCUT2D eigenvalue weighted by Gasteiger charge is 2.22. The van der Waals surface area contributed by atoms with Crippen LogP contribution in [0.5, 0.6) is 0 Å². The number of hydrogen-bond acceptors (Lipinski definition) is 6. The first-order valence-corrected chi connectivity index (χ1v) is 10.8. The third kappa shape index (κ3) is 5.69. The van der Waals surface area contributed by atoms with Crippen LogP contribution < -0.4 is 20.4 Å². The maximum absolute atomic E-state index is 13.5. The normalized spacial score (nSPS) is 13.6. The minimum Gasteiger partial charge on any atom is -0.368 e. The number of nitrogens with one attached hydrogen (secondary N) is 2. The molecule has 8 nitrogen and oxygen atoms in total. The molecule has 2 amide bonds. The minimum atomic E-state index is -0.283. The van der Waals surface area contributed by atoms with Crippen molar-refractivity contribution in [1.29, 1.82) is 0 Å². The predicted octanol–water partition coefficient (Wildman–Crippen LogP) is 2.37.